The fraction of sp³-hybridized carbons (Fsp3) is 0.926. The van der Waals surface area contributed by atoms with E-state index in [1.54, 1.807) is 0 Å². The molecule has 3 saturated carbocycles. The molecule has 0 aromatic carbocycles. The van der Waals surface area contributed by atoms with Crippen LogP contribution in [-0.2, 0) is 0 Å². The Labute approximate surface area is 170 Å². The van der Waals surface area contributed by atoms with Crippen molar-refractivity contribution in [3.8, 4) is 0 Å². The van der Waals surface area contributed by atoms with Crippen molar-refractivity contribution in [2.45, 2.75) is 112 Å². The van der Waals surface area contributed by atoms with E-state index < -0.39 is 0 Å². The van der Waals surface area contributed by atoms with Crippen LogP contribution < -0.4 is 0 Å². The lowest BCUT2D eigenvalue weighted by molar-refractivity contribution is -0.00801. The van der Waals surface area contributed by atoms with Crippen LogP contribution >= 0.6 is 0 Å². The number of rotatable bonds is 5. The minimum absolute atomic E-state index is 0.609. The Kier molecular flexibility index (Phi) is 5.59. The summed E-state index contributed by atoms with van der Waals surface area (Å²) in [6.07, 6.45) is 20.6. The Morgan fingerprint density at radius 1 is 0.889 bits per heavy atom. The summed E-state index contributed by atoms with van der Waals surface area (Å²) in [7, 11) is 0. The molecule has 0 spiro atoms. The zero-order valence-corrected chi connectivity index (χ0v) is 19.0. The highest BCUT2D eigenvalue weighted by Crippen LogP contribution is 2.66. The van der Waals surface area contributed by atoms with Gasteiger partial charge in [-0.25, -0.2) is 0 Å². The van der Waals surface area contributed by atoms with Crippen LogP contribution in [0.15, 0.2) is 11.6 Å². The lowest BCUT2D eigenvalue weighted by atomic mass is 9.48. The Bertz CT molecular complexity index is 556. The standard InChI is InChI=1S/C27H46/c1-19(2)9-8-10-20(3)23-14-15-24-22-13-12-21-11-6-7-17-26(21,4)25(22)16-18-27(23,24)5/h13,19-21,23-25H,6-12,14-18H2,1-5H3/t20-,21-,23-,24+,25+,26+,27-/m1/s1. The molecule has 0 heterocycles. The number of fused-ring (bicyclic) bond motifs is 5. The molecule has 7 atom stereocenters. The predicted molar refractivity (Wildman–Crippen MR) is 118 cm³/mol. The molecule has 0 unspecified atom stereocenters. The van der Waals surface area contributed by atoms with Crippen molar-refractivity contribution in [3.63, 3.8) is 0 Å². The van der Waals surface area contributed by atoms with Gasteiger partial charge >= 0.3 is 0 Å². The smallest absolute Gasteiger partial charge is 0.0143 e. The zero-order chi connectivity index (χ0) is 19.2. The molecule has 154 valence electrons. The number of allylic oxidation sites excluding steroid dienone is 2. The van der Waals surface area contributed by atoms with Crippen LogP contribution in [0.5, 0.6) is 0 Å². The Balaban J connectivity index is 1.50. The monoisotopic (exact) mass is 370 g/mol. The van der Waals surface area contributed by atoms with Gasteiger partial charge in [-0.1, -0.05) is 78.4 Å². The van der Waals surface area contributed by atoms with Crippen molar-refractivity contribution < 1.29 is 0 Å². The molecule has 0 aromatic rings. The molecule has 27 heavy (non-hydrogen) atoms. The molecule has 0 aliphatic heterocycles. The Morgan fingerprint density at radius 3 is 2.44 bits per heavy atom. The van der Waals surface area contributed by atoms with E-state index in [1.807, 2.05) is 5.57 Å². The summed E-state index contributed by atoms with van der Waals surface area (Å²) in [5.41, 5.74) is 3.21. The molecule has 0 bridgehead atoms. The molecule has 4 aliphatic carbocycles. The topological polar surface area (TPSA) is 0 Å². The van der Waals surface area contributed by atoms with E-state index in [-0.39, 0.29) is 0 Å². The average Bonchev–Trinajstić information content (AvgIpc) is 2.98. The molecule has 4 rings (SSSR count). The van der Waals surface area contributed by atoms with Gasteiger partial charge < -0.3 is 0 Å². The van der Waals surface area contributed by atoms with E-state index in [1.165, 1.54) is 77.0 Å². The molecule has 0 amide bonds. The minimum atomic E-state index is 0.609. The van der Waals surface area contributed by atoms with Crippen molar-refractivity contribution in [3.05, 3.63) is 11.6 Å². The van der Waals surface area contributed by atoms with Gasteiger partial charge in [0.05, 0.1) is 0 Å². The molecule has 4 aliphatic rings. The van der Waals surface area contributed by atoms with E-state index in [0.29, 0.717) is 10.8 Å². The van der Waals surface area contributed by atoms with E-state index in [0.717, 1.165) is 35.5 Å². The maximum atomic E-state index is 2.79. The summed E-state index contributed by atoms with van der Waals surface area (Å²) >= 11 is 0. The first-order chi connectivity index (χ1) is 12.9. The van der Waals surface area contributed by atoms with Crippen LogP contribution in [0.3, 0.4) is 0 Å². The van der Waals surface area contributed by atoms with Crippen molar-refractivity contribution in [1.29, 1.82) is 0 Å². The van der Waals surface area contributed by atoms with Gasteiger partial charge in [0.1, 0.15) is 0 Å². The van der Waals surface area contributed by atoms with Crippen LogP contribution in [0.4, 0.5) is 0 Å². The van der Waals surface area contributed by atoms with Crippen LogP contribution in [0.2, 0.25) is 0 Å². The first kappa shape index (κ1) is 20.0. The van der Waals surface area contributed by atoms with E-state index in [4.69, 9.17) is 0 Å². The summed E-state index contributed by atoms with van der Waals surface area (Å²) in [6.45, 7) is 12.8. The first-order valence-electron chi connectivity index (χ1n) is 12.6. The van der Waals surface area contributed by atoms with E-state index >= 15 is 0 Å². The largest absolute Gasteiger partial charge is 0.0844 e. The van der Waals surface area contributed by atoms with E-state index in [9.17, 15) is 0 Å². The maximum absolute atomic E-state index is 2.79. The lowest BCUT2D eigenvalue weighted by Gasteiger charge is -2.57. The van der Waals surface area contributed by atoms with Crippen LogP contribution in [0, 0.1) is 46.3 Å². The van der Waals surface area contributed by atoms with Gasteiger partial charge in [-0.15, -0.1) is 0 Å². The van der Waals surface area contributed by atoms with Crippen molar-refractivity contribution in [1.82, 2.24) is 0 Å². The fourth-order valence-electron chi connectivity index (χ4n) is 8.57. The second-order valence-electron chi connectivity index (χ2n) is 12.0. The van der Waals surface area contributed by atoms with Crippen molar-refractivity contribution in [2.75, 3.05) is 0 Å². The second kappa shape index (κ2) is 7.53. The van der Waals surface area contributed by atoms with Gasteiger partial charge in [0.2, 0.25) is 0 Å². The third-order valence-electron chi connectivity index (χ3n) is 10.2. The summed E-state index contributed by atoms with van der Waals surface area (Å²) in [5.74, 6) is 5.64. The van der Waals surface area contributed by atoms with Crippen molar-refractivity contribution >= 4 is 0 Å². The molecule has 0 aromatic heterocycles. The lowest BCUT2D eigenvalue weighted by Crippen LogP contribution is -2.48. The predicted octanol–water partition coefficient (Wildman–Crippen LogP) is 8.42. The highest BCUT2D eigenvalue weighted by molar-refractivity contribution is 5.27. The SMILES string of the molecule is CC(C)CCC[C@@H](C)[C@H]1CC[C@H]2C3=CC[C@H]4CCCC[C@]4(C)[C@H]3CC[C@]12C. The number of hydrogen-bond acceptors (Lipinski definition) is 0. The van der Waals surface area contributed by atoms with Gasteiger partial charge in [0.25, 0.3) is 0 Å². The minimum Gasteiger partial charge on any atom is -0.0844 e. The third-order valence-corrected chi connectivity index (χ3v) is 10.2. The highest BCUT2D eigenvalue weighted by atomic mass is 14.6. The maximum Gasteiger partial charge on any atom is -0.0143 e. The third kappa shape index (κ3) is 3.36. The fourth-order valence-corrected chi connectivity index (χ4v) is 8.57. The molecule has 0 nitrogen and oxygen atoms in total. The molecule has 0 N–H and O–H groups in total. The summed E-state index contributed by atoms with van der Waals surface area (Å²) < 4.78 is 0. The molecular weight excluding hydrogens is 324 g/mol. The number of hydrogen-bond donors (Lipinski definition) is 0. The molecule has 0 radical (unpaired) electrons. The van der Waals surface area contributed by atoms with Gasteiger partial charge in [-0.2, -0.15) is 0 Å². The molecule has 3 fully saturated rings. The second-order valence-corrected chi connectivity index (χ2v) is 12.0. The normalized spacial score (nSPS) is 45.0. The average molecular weight is 371 g/mol. The van der Waals surface area contributed by atoms with Gasteiger partial charge in [0, 0.05) is 0 Å². The van der Waals surface area contributed by atoms with Gasteiger partial charge in [-0.3, -0.25) is 0 Å². The van der Waals surface area contributed by atoms with Crippen LogP contribution in [0.25, 0.3) is 0 Å². The quantitative estimate of drug-likeness (QED) is 0.426. The van der Waals surface area contributed by atoms with Crippen LogP contribution in [-0.4, -0.2) is 0 Å². The molecule has 0 saturated heterocycles. The molecular formula is C27H46. The first-order valence-corrected chi connectivity index (χ1v) is 12.6. The van der Waals surface area contributed by atoms with E-state index in [2.05, 4.69) is 40.7 Å². The Hall–Kier alpha value is -0.260. The zero-order valence-electron chi connectivity index (χ0n) is 19.0. The summed E-state index contributed by atoms with van der Waals surface area (Å²) in [5, 5.41) is 0. The van der Waals surface area contributed by atoms with Gasteiger partial charge in [0.15, 0.2) is 0 Å². The highest BCUT2D eigenvalue weighted by Gasteiger charge is 2.57. The van der Waals surface area contributed by atoms with Crippen molar-refractivity contribution in [2.24, 2.45) is 46.3 Å². The Morgan fingerprint density at radius 2 is 1.67 bits per heavy atom. The molecule has 0 heteroatoms. The van der Waals surface area contributed by atoms with Gasteiger partial charge in [-0.05, 0) is 91.3 Å². The summed E-state index contributed by atoms with van der Waals surface area (Å²) in [4.78, 5) is 0. The summed E-state index contributed by atoms with van der Waals surface area (Å²) in [6, 6.07) is 0. The van der Waals surface area contributed by atoms with Crippen LogP contribution in [0.1, 0.15) is 112 Å².